The van der Waals surface area contributed by atoms with Crippen molar-refractivity contribution in [2.24, 2.45) is 0 Å². The summed E-state index contributed by atoms with van der Waals surface area (Å²) in [7, 11) is 1.63. The fourth-order valence-corrected chi connectivity index (χ4v) is 5.38. The molecule has 0 aliphatic heterocycles. The van der Waals surface area contributed by atoms with E-state index in [4.69, 9.17) is 9.47 Å². The number of amides is 2. The number of hydrogen-bond acceptors (Lipinski definition) is 4. The molecule has 1 aliphatic rings. The highest BCUT2D eigenvalue weighted by Gasteiger charge is 2.31. The third kappa shape index (κ3) is 9.12. The SMILES string of the molecule is COc1ccc(OCCCC(=O)N(Cc2ccc(Br)cc2)[C@@H](Cc2ccccc2)C(=O)NC2CCCCC2)cc1. The first-order chi connectivity index (χ1) is 19.5. The van der Waals surface area contributed by atoms with Crippen LogP contribution in [0, 0.1) is 0 Å². The van der Waals surface area contributed by atoms with E-state index in [9.17, 15) is 9.59 Å². The van der Waals surface area contributed by atoms with Gasteiger partial charge in [0, 0.05) is 29.9 Å². The van der Waals surface area contributed by atoms with Crippen molar-refractivity contribution in [2.75, 3.05) is 13.7 Å². The Morgan fingerprint density at radius 2 is 1.57 bits per heavy atom. The Labute approximate surface area is 246 Å². The smallest absolute Gasteiger partial charge is 0.243 e. The largest absolute Gasteiger partial charge is 0.497 e. The molecule has 0 radical (unpaired) electrons. The third-order valence-corrected chi connectivity index (χ3v) is 7.88. The summed E-state index contributed by atoms with van der Waals surface area (Å²) >= 11 is 3.50. The summed E-state index contributed by atoms with van der Waals surface area (Å²) in [5.74, 6) is 1.37. The number of carbonyl (C=O) groups excluding carboxylic acids is 2. The second-order valence-electron chi connectivity index (χ2n) is 10.3. The molecule has 0 aromatic heterocycles. The maximum absolute atomic E-state index is 13.8. The van der Waals surface area contributed by atoms with Crippen LogP contribution in [0.3, 0.4) is 0 Å². The van der Waals surface area contributed by atoms with E-state index < -0.39 is 6.04 Å². The standard InChI is InChI=1S/C33H39BrN2O4/c1-39-29-18-20-30(21-19-29)40-22-8-13-32(37)36(24-26-14-16-27(34)17-15-26)31(23-25-9-4-2-5-10-25)33(38)35-28-11-6-3-7-12-28/h2,4-5,9-10,14-21,28,31H,3,6-8,11-13,22-24H2,1H3,(H,35,38)/t31-/m0/s1. The van der Waals surface area contributed by atoms with Gasteiger partial charge in [-0.1, -0.05) is 77.7 Å². The van der Waals surface area contributed by atoms with Crippen molar-refractivity contribution in [3.63, 3.8) is 0 Å². The first kappa shape index (κ1) is 29.7. The Hall–Kier alpha value is -3.32. The van der Waals surface area contributed by atoms with Crippen molar-refractivity contribution < 1.29 is 19.1 Å². The van der Waals surface area contributed by atoms with E-state index in [1.807, 2.05) is 78.9 Å². The monoisotopic (exact) mass is 606 g/mol. The van der Waals surface area contributed by atoms with Gasteiger partial charge >= 0.3 is 0 Å². The van der Waals surface area contributed by atoms with Gasteiger partial charge in [0.2, 0.25) is 11.8 Å². The molecule has 0 bridgehead atoms. The van der Waals surface area contributed by atoms with Crippen molar-refractivity contribution in [1.82, 2.24) is 10.2 Å². The average Bonchev–Trinajstić information content (AvgIpc) is 2.99. The Bertz CT molecular complexity index is 1200. The lowest BCUT2D eigenvalue weighted by molar-refractivity contribution is -0.141. The number of benzene rings is 3. The van der Waals surface area contributed by atoms with Crippen LogP contribution in [0.15, 0.2) is 83.3 Å². The van der Waals surface area contributed by atoms with Crippen LogP contribution < -0.4 is 14.8 Å². The van der Waals surface area contributed by atoms with E-state index in [0.29, 0.717) is 26.0 Å². The molecule has 7 heteroatoms. The van der Waals surface area contributed by atoms with Crippen LogP contribution in [0.4, 0.5) is 0 Å². The first-order valence-corrected chi connectivity index (χ1v) is 15.0. The third-order valence-electron chi connectivity index (χ3n) is 7.35. The molecule has 1 N–H and O–H groups in total. The molecule has 1 atom stereocenters. The minimum absolute atomic E-state index is 0.0547. The van der Waals surface area contributed by atoms with Crippen LogP contribution in [0.25, 0.3) is 0 Å². The van der Waals surface area contributed by atoms with Crippen molar-refractivity contribution in [3.05, 3.63) is 94.5 Å². The van der Waals surface area contributed by atoms with Crippen LogP contribution in [-0.4, -0.2) is 42.5 Å². The van der Waals surface area contributed by atoms with Crippen LogP contribution in [-0.2, 0) is 22.6 Å². The molecule has 1 aliphatic carbocycles. The summed E-state index contributed by atoms with van der Waals surface area (Å²) in [6.45, 7) is 0.767. The van der Waals surface area contributed by atoms with Gasteiger partial charge in [-0.15, -0.1) is 0 Å². The van der Waals surface area contributed by atoms with Crippen molar-refractivity contribution in [2.45, 2.75) is 70.0 Å². The van der Waals surface area contributed by atoms with E-state index in [-0.39, 0.29) is 24.3 Å². The molecule has 4 rings (SSSR count). The molecule has 3 aromatic rings. The van der Waals surface area contributed by atoms with Gasteiger partial charge < -0.3 is 19.7 Å². The van der Waals surface area contributed by atoms with Gasteiger partial charge in [-0.3, -0.25) is 9.59 Å². The zero-order valence-electron chi connectivity index (χ0n) is 23.2. The first-order valence-electron chi connectivity index (χ1n) is 14.2. The Balaban J connectivity index is 1.50. The van der Waals surface area contributed by atoms with Crippen molar-refractivity contribution >= 4 is 27.7 Å². The Morgan fingerprint density at radius 1 is 0.900 bits per heavy atom. The minimum atomic E-state index is -0.608. The van der Waals surface area contributed by atoms with Gasteiger partial charge in [-0.05, 0) is 66.8 Å². The van der Waals surface area contributed by atoms with E-state index >= 15 is 0 Å². The molecule has 2 amide bonds. The zero-order valence-corrected chi connectivity index (χ0v) is 24.8. The molecule has 40 heavy (non-hydrogen) atoms. The van der Waals surface area contributed by atoms with Crippen LogP contribution in [0.1, 0.15) is 56.1 Å². The molecule has 1 fully saturated rings. The lowest BCUT2D eigenvalue weighted by Crippen LogP contribution is -2.52. The maximum Gasteiger partial charge on any atom is 0.243 e. The van der Waals surface area contributed by atoms with Gasteiger partial charge in [0.05, 0.1) is 13.7 Å². The van der Waals surface area contributed by atoms with Gasteiger partial charge in [0.25, 0.3) is 0 Å². The number of rotatable bonds is 13. The molecule has 1 saturated carbocycles. The number of ether oxygens (including phenoxy) is 2. The fraction of sp³-hybridized carbons (Fsp3) is 0.394. The summed E-state index contributed by atoms with van der Waals surface area (Å²) in [5.41, 5.74) is 2.01. The summed E-state index contributed by atoms with van der Waals surface area (Å²) in [6, 6.07) is 24.8. The summed E-state index contributed by atoms with van der Waals surface area (Å²) < 4.78 is 12.0. The number of methoxy groups -OCH3 is 1. The molecule has 3 aromatic carbocycles. The predicted octanol–water partition coefficient (Wildman–Crippen LogP) is 6.71. The van der Waals surface area contributed by atoms with E-state index in [1.165, 1.54) is 6.42 Å². The molecule has 0 saturated heterocycles. The number of nitrogens with one attached hydrogen (secondary N) is 1. The Kier molecular flexibility index (Phi) is 11.5. The highest BCUT2D eigenvalue weighted by Crippen LogP contribution is 2.22. The number of hydrogen-bond donors (Lipinski definition) is 1. The van der Waals surface area contributed by atoms with Crippen LogP contribution in [0.5, 0.6) is 11.5 Å². The lowest BCUT2D eigenvalue weighted by atomic mass is 9.94. The lowest BCUT2D eigenvalue weighted by Gasteiger charge is -2.33. The molecule has 0 spiro atoms. The molecular formula is C33H39BrN2O4. The maximum atomic E-state index is 13.8. The minimum Gasteiger partial charge on any atom is -0.497 e. The number of nitrogens with zero attached hydrogens (tertiary/aromatic N) is 1. The Morgan fingerprint density at radius 3 is 2.25 bits per heavy atom. The number of carbonyl (C=O) groups is 2. The van der Waals surface area contributed by atoms with Crippen molar-refractivity contribution in [3.8, 4) is 11.5 Å². The topological polar surface area (TPSA) is 67.9 Å². The van der Waals surface area contributed by atoms with E-state index in [1.54, 1.807) is 12.0 Å². The van der Waals surface area contributed by atoms with Crippen molar-refractivity contribution in [1.29, 1.82) is 0 Å². The predicted molar refractivity (Wildman–Crippen MR) is 161 cm³/mol. The van der Waals surface area contributed by atoms with Crippen LogP contribution in [0.2, 0.25) is 0 Å². The van der Waals surface area contributed by atoms with Gasteiger partial charge in [-0.25, -0.2) is 0 Å². The van der Waals surface area contributed by atoms with Gasteiger partial charge in [0.15, 0.2) is 0 Å². The van der Waals surface area contributed by atoms with Gasteiger partial charge in [-0.2, -0.15) is 0 Å². The second-order valence-corrected chi connectivity index (χ2v) is 11.2. The summed E-state index contributed by atoms with van der Waals surface area (Å²) in [5, 5.41) is 3.29. The molecule has 0 unspecified atom stereocenters. The normalized spacial score (nSPS) is 14.2. The van der Waals surface area contributed by atoms with E-state index in [2.05, 4.69) is 21.2 Å². The van der Waals surface area contributed by atoms with E-state index in [0.717, 1.165) is 52.8 Å². The molecule has 0 heterocycles. The highest BCUT2D eigenvalue weighted by molar-refractivity contribution is 9.10. The molecular weight excluding hydrogens is 568 g/mol. The highest BCUT2D eigenvalue weighted by atomic mass is 79.9. The zero-order chi connectivity index (χ0) is 28.2. The second kappa shape index (κ2) is 15.5. The average molecular weight is 608 g/mol. The fourth-order valence-electron chi connectivity index (χ4n) is 5.11. The molecule has 212 valence electrons. The van der Waals surface area contributed by atoms with Crippen LogP contribution >= 0.6 is 15.9 Å². The summed E-state index contributed by atoms with van der Waals surface area (Å²) in [6.07, 6.45) is 6.75. The summed E-state index contributed by atoms with van der Waals surface area (Å²) in [4.78, 5) is 29.4. The van der Waals surface area contributed by atoms with Gasteiger partial charge in [0.1, 0.15) is 17.5 Å². The molecule has 6 nitrogen and oxygen atoms in total. The quantitative estimate of drug-likeness (QED) is 0.220. The number of halogens is 1.